The summed E-state index contributed by atoms with van der Waals surface area (Å²) in [7, 11) is 1.63. The van der Waals surface area contributed by atoms with E-state index in [0.717, 1.165) is 29.8 Å². The minimum atomic E-state index is -0.0208. The number of ether oxygens (including phenoxy) is 1. The second-order valence-corrected chi connectivity index (χ2v) is 7.24. The second kappa shape index (κ2) is 9.94. The highest BCUT2D eigenvalue weighted by Gasteiger charge is 2.15. The summed E-state index contributed by atoms with van der Waals surface area (Å²) in [6.45, 7) is 2.12. The molecule has 0 bridgehead atoms. The zero-order valence-corrected chi connectivity index (χ0v) is 16.9. The van der Waals surface area contributed by atoms with Crippen LogP contribution in [0.3, 0.4) is 0 Å². The van der Waals surface area contributed by atoms with Crippen LogP contribution in [0.1, 0.15) is 31.4 Å². The van der Waals surface area contributed by atoms with Crippen LogP contribution >= 0.6 is 11.8 Å². The fraction of sp³-hybridized carbons (Fsp3) is 0.286. The predicted molar refractivity (Wildman–Crippen MR) is 111 cm³/mol. The topological polar surface area (TPSA) is 69.0 Å². The molecular weight excluding hydrogens is 372 g/mol. The first-order valence-electron chi connectivity index (χ1n) is 9.22. The van der Waals surface area contributed by atoms with E-state index in [-0.39, 0.29) is 17.7 Å². The fourth-order valence-electron chi connectivity index (χ4n) is 2.92. The van der Waals surface area contributed by atoms with Crippen LogP contribution in [0.5, 0.6) is 5.75 Å². The van der Waals surface area contributed by atoms with Gasteiger partial charge in [0.2, 0.25) is 5.91 Å². The van der Waals surface area contributed by atoms with Crippen LogP contribution in [-0.2, 0) is 4.79 Å². The predicted octanol–water partition coefficient (Wildman–Crippen LogP) is 4.03. The third-order valence-corrected chi connectivity index (χ3v) is 5.24. The number of hydrogen-bond acceptors (Lipinski definition) is 5. The van der Waals surface area contributed by atoms with Gasteiger partial charge in [-0.1, -0.05) is 61.5 Å². The van der Waals surface area contributed by atoms with Crippen molar-refractivity contribution in [1.29, 1.82) is 0 Å². The van der Waals surface area contributed by atoms with Crippen LogP contribution in [0.15, 0.2) is 66.1 Å². The third kappa shape index (κ3) is 5.13. The van der Waals surface area contributed by atoms with Crippen molar-refractivity contribution in [2.24, 2.45) is 0 Å². The molecule has 1 aromatic heterocycles. The quantitative estimate of drug-likeness (QED) is 0.553. The van der Waals surface area contributed by atoms with Gasteiger partial charge in [0.1, 0.15) is 12.1 Å². The molecule has 0 aliphatic heterocycles. The number of rotatable bonds is 9. The first kappa shape index (κ1) is 19.9. The third-order valence-electron chi connectivity index (χ3n) is 4.29. The molecule has 0 saturated heterocycles. The van der Waals surface area contributed by atoms with Gasteiger partial charge in [0.25, 0.3) is 0 Å². The molecule has 0 fully saturated rings. The smallest absolute Gasteiger partial charge is 0.230 e. The normalized spacial score (nSPS) is 11.8. The molecule has 1 atom stereocenters. The summed E-state index contributed by atoms with van der Waals surface area (Å²) >= 11 is 1.36. The van der Waals surface area contributed by atoms with Crippen molar-refractivity contribution in [3.63, 3.8) is 0 Å². The molecule has 1 heterocycles. The van der Waals surface area contributed by atoms with Crippen LogP contribution in [0.25, 0.3) is 5.69 Å². The lowest BCUT2D eigenvalue weighted by molar-refractivity contribution is -0.119. The molecule has 1 amide bonds. The summed E-state index contributed by atoms with van der Waals surface area (Å²) in [5.41, 5.74) is 2.02. The summed E-state index contributed by atoms with van der Waals surface area (Å²) in [6, 6.07) is 17.7. The van der Waals surface area contributed by atoms with E-state index in [1.165, 1.54) is 11.8 Å². The highest BCUT2D eigenvalue weighted by molar-refractivity contribution is 7.99. The first-order chi connectivity index (χ1) is 13.7. The Morgan fingerprint density at radius 2 is 2.04 bits per heavy atom. The number of methoxy groups -OCH3 is 1. The van der Waals surface area contributed by atoms with Crippen LogP contribution in [0.2, 0.25) is 0 Å². The van der Waals surface area contributed by atoms with E-state index in [0.29, 0.717) is 5.16 Å². The van der Waals surface area contributed by atoms with Gasteiger partial charge in [0.15, 0.2) is 5.16 Å². The number of benzene rings is 2. The standard InChI is InChI=1S/C21H24N4O2S/c1-3-8-19(16-9-5-4-6-10-16)23-20(26)14-28-21-24-22-15-25(21)17-11-7-12-18(13-17)27-2/h4-7,9-13,15,19H,3,8,14H2,1-2H3,(H,23,26). The Hall–Kier alpha value is -2.80. The van der Waals surface area contributed by atoms with Crippen molar-refractivity contribution in [1.82, 2.24) is 20.1 Å². The van der Waals surface area contributed by atoms with Crippen LogP contribution in [0, 0.1) is 0 Å². The zero-order valence-electron chi connectivity index (χ0n) is 16.0. The molecule has 1 unspecified atom stereocenters. The molecule has 3 aromatic rings. The van der Waals surface area contributed by atoms with E-state index in [4.69, 9.17) is 4.74 Å². The minimum Gasteiger partial charge on any atom is -0.497 e. The van der Waals surface area contributed by atoms with E-state index < -0.39 is 0 Å². The average molecular weight is 397 g/mol. The lowest BCUT2D eigenvalue weighted by Gasteiger charge is -2.18. The fourth-order valence-corrected chi connectivity index (χ4v) is 3.66. The van der Waals surface area contributed by atoms with Crippen LogP contribution in [-0.4, -0.2) is 33.5 Å². The van der Waals surface area contributed by atoms with Crippen molar-refractivity contribution >= 4 is 17.7 Å². The van der Waals surface area contributed by atoms with Gasteiger partial charge < -0.3 is 10.1 Å². The van der Waals surface area contributed by atoms with Crippen molar-refractivity contribution in [2.75, 3.05) is 12.9 Å². The van der Waals surface area contributed by atoms with Crippen molar-refractivity contribution in [3.05, 3.63) is 66.5 Å². The van der Waals surface area contributed by atoms with Gasteiger partial charge in [-0.3, -0.25) is 9.36 Å². The first-order valence-corrected chi connectivity index (χ1v) is 10.2. The summed E-state index contributed by atoms with van der Waals surface area (Å²) in [4.78, 5) is 12.5. The molecular formula is C21H24N4O2S. The average Bonchev–Trinajstić information content (AvgIpc) is 3.21. The van der Waals surface area contributed by atoms with E-state index in [1.807, 2.05) is 59.2 Å². The number of carbonyl (C=O) groups is 1. The number of carbonyl (C=O) groups excluding carboxylic acids is 1. The number of aromatic nitrogens is 3. The van der Waals surface area contributed by atoms with Gasteiger partial charge in [-0.2, -0.15) is 0 Å². The second-order valence-electron chi connectivity index (χ2n) is 6.29. The van der Waals surface area contributed by atoms with Gasteiger partial charge in [-0.05, 0) is 24.1 Å². The largest absolute Gasteiger partial charge is 0.497 e. The molecule has 7 heteroatoms. The number of nitrogens with zero attached hydrogens (tertiary/aromatic N) is 3. The molecule has 3 rings (SSSR count). The van der Waals surface area contributed by atoms with Crippen LogP contribution in [0.4, 0.5) is 0 Å². The lowest BCUT2D eigenvalue weighted by Crippen LogP contribution is -2.30. The number of amides is 1. The number of thioether (sulfide) groups is 1. The minimum absolute atomic E-state index is 0.0208. The van der Waals surface area contributed by atoms with Crippen molar-refractivity contribution in [3.8, 4) is 11.4 Å². The molecule has 6 nitrogen and oxygen atoms in total. The molecule has 0 spiro atoms. The van der Waals surface area contributed by atoms with Gasteiger partial charge in [0.05, 0.1) is 24.6 Å². The lowest BCUT2D eigenvalue weighted by atomic mass is 10.0. The molecule has 1 N–H and O–H groups in total. The molecule has 0 aliphatic carbocycles. The number of nitrogens with one attached hydrogen (secondary N) is 1. The highest BCUT2D eigenvalue weighted by Crippen LogP contribution is 2.23. The van der Waals surface area contributed by atoms with Gasteiger partial charge in [0, 0.05) is 6.07 Å². The van der Waals surface area contributed by atoms with Gasteiger partial charge >= 0.3 is 0 Å². The summed E-state index contributed by atoms with van der Waals surface area (Å²) in [5.74, 6) is 1.01. The van der Waals surface area contributed by atoms with E-state index in [1.54, 1.807) is 13.4 Å². The van der Waals surface area contributed by atoms with E-state index in [9.17, 15) is 4.79 Å². The van der Waals surface area contributed by atoms with Crippen molar-refractivity contribution in [2.45, 2.75) is 31.0 Å². The molecule has 146 valence electrons. The Balaban J connectivity index is 1.64. The van der Waals surface area contributed by atoms with Crippen molar-refractivity contribution < 1.29 is 9.53 Å². The summed E-state index contributed by atoms with van der Waals surface area (Å²) < 4.78 is 7.12. The van der Waals surface area contributed by atoms with E-state index >= 15 is 0 Å². The highest BCUT2D eigenvalue weighted by atomic mass is 32.2. The SMILES string of the molecule is CCCC(NC(=O)CSc1nncn1-c1cccc(OC)c1)c1ccccc1. The molecule has 2 aromatic carbocycles. The summed E-state index contributed by atoms with van der Waals surface area (Å²) in [6.07, 6.45) is 3.54. The Morgan fingerprint density at radius 3 is 2.79 bits per heavy atom. The Bertz CT molecular complexity index is 898. The maximum atomic E-state index is 12.5. The Labute approximate surface area is 169 Å². The maximum absolute atomic E-state index is 12.5. The molecule has 0 aliphatic rings. The van der Waals surface area contributed by atoms with E-state index in [2.05, 4.69) is 22.4 Å². The monoisotopic (exact) mass is 396 g/mol. The van der Waals surface area contributed by atoms with Crippen LogP contribution < -0.4 is 10.1 Å². The summed E-state index contributed by atoms with van der Waals surface area (Å²) in [5, 5.41) is 11.9. The van der Waals surface area contributed by atoms with Gasteiger partial charge in [-0.15, -0.1) is 10.2 Å². The number of hydrogen-bond donors (Lipinski definition) is 1. The maximum Gasteiger partial charge on any atom is 0.230 e. The molecule has 28 heavy (non-hydrogen) atoms. The Morgan fingerprint density at radius 1 is 1.21 bits per heavy atom. The van der Waals surface area contributed by atoms with Gasteiger partial charge in [-0.25, -0.2) is 0 Å². The Kier molecular flexibility index (Phi) is 7.08. The molecule has 0 radical (unpaired) electrons. The zero-order chi connectivity index (χ0) is 19.8. The molecule has 0 saturated carbocycles.